The third kappa shape index (κ3) is 5.94. The summed E-state index contributed by atoms with van der Waals surface area (Å²) in [5.74, 6) is 0.0119. The molecule has 3 rings (SSSR count). The van der Waals surface area contributed by atoms with Gasteiger partial charge in [-0.25, -0.2) is 0 Å². The molecule has 25 heavy (non-hydrogen) atoms. The van der Waals surface area contributed by atoms with Gasteiger partial charge in [0.1, 0.15) is 0 Å². The zero-order valence-electron chi connectivity index (χ0n) is 14.4. The number of morpholine rings is 1. The number of hydrogen-bond donors (Lipinski definition) is 2. The largest absolute Gasteiger partial charge is 0.483 e. The van der Waals surface area contributed by atoms with Gasteiger partial charge in [0.25, 0.3) is 6.47 Å². The number of likely N-dealkylation sites (tertiary alicyclic amines) is 1. The van der Waals surface area contributed by atoms with Crippen LogP contribution in [0.15, 0.2) is 0 Å². The number of ether oxygens (including phenoxy) is 2. The fraction of sp³-hybridized carbons (Fsp3) is 0.812. The van der Waals surface area contributed by atoms with E-state index in [4.69, 9.17) is 19.4 Å². The smallest absolute Gasteiger partial charge is 0.290 e. The molecule has 0 bridgehead atoms. The minimum atomic E-state index is -0.250. The van der Waals surface area contributed by atoms with Crippen LogP contribution in [0.5, 0.6) is 0 Å². The highest BCUT2D eigenvalue weighted by molar-refractivity contribution is 5.85. The molecule has 3 aliphatic rings. The maximum atomic E-state index is 12.2. The van der Waals surface area contributed by atoms with Gasteiger partial charge in [-0.2, -0.15) is 0 Å². The Hall–Kier alpha value is -1.71. The number of carbonyl (C=O) groups is 3. The Bertz CT molecular complexity index is 455. The van der Waals surface area contributed by atoms with Crippen LogP contribution in [0.3, 0.4) is 0 Å². The lowest BCUT2D eigenvalue weighted by Gasteiger charge is -2.35. The minimum absolute atomic E-state index is 0.00509. The fourth-order valence-corrected chi connectivity index (χ4v) is 3.40. The Labute approximate surface area is 147 Å². The molecule has 0 aromatic rings. The van der Waals surface area contributed by atoms with Crippen molar-refractivity contribution in [3.8, 4) is 0 Å². The molecule has 0 spiro atoms. The summed E-state index contributed by atoms with van der Waals surface area (Å²) in [5.41, 5.74) is 0. The predicted octanol–water partition coefficient (Wildman–Crippen LogP) is -1.08. The topological polar surface area (TPSA) is 108 Å². The maximum Gasteiger partial charge on any atom is 0.290 e. The molecular weight excluding hydrogens is 330 g/mol. The van der Waals surface area contributed by atoms with Gasteiger partial charge in [0.05, 0.1) is 45.1 Å². The Morgan fingerprint density at radius 2 is 1.92 bits per heavy atom. The summed E-state index contributed by atoms with van der Waals surface area (Å²) < 4.78 is 10.9. The molecule has 0 saturated carbocycles. The molecular formula is C16H27N3O6. The summed E-state index contributed by atoms with van der Waals surface area (Å²) in [6, 6.07) is 0.218. The van der Waals surface area contributed by atoms with E-state index in [9.17, 15) is 9.59 Å². The third-order valence-corrected chi connectivity index (χ3v) is 4.67. The van der Waals surface area contributed by atoms with Crippen molar-refractivity contribution in [1.29, 1.82) is 0 Å². The number of nitrogens with one attached hydrogen (secondary N) is 1. The second kappa shape index (κ2) is 10.3. The Morgan fingerprint density at radius 3 is 2.60 bits per heavy atom. The first kappa shape index (κ1) is 19.6. The fourth-order valence-electron chi connectivity index (χ4n) is 3.40. The van der Waals surface area contributed by atoms with E-state index in [2.05, 4.69) is 10.2 Å². The molecule has 0 radical (unpaired) electrons. The van der Waals surface area contributed by atoms with Gasteiger partial charge in [-0.05, 0) is 12.8 Å². The lowest BCUT2D eigenvalue weighted by Crippen LogP contribution is -2.55. The van der Waals surface area contributed by atoms with E-state index in [1.165, 1.54) is 0 Å². The highest BCUT2D eigenvalue weighted by atomic mass is 16.5. The molecule has 3 fully saturated rings. The van der Waals surface area contributed by atoms with Crippen LogP contribution in [0.4, 0.5) is 0 Å². The Balaban J connectivity index is 0.000000701. The van der Waals surface area contributed by atoms with Crippen LogP contribution in [0, 0.1) is 0 Å². The summed E-state index contributed by atoms with van der Waals surface area (Å²) >= 11 is 0. The zero-order valence-corrected chi connectivity index (χ0v) is 14.4. The van der Waals surface area contributed by atoms with E-state index in [1.54, 1.807) is 4.90 Å². The molecule has 3 heterocycles. The van der Waals surface area contributed by atoms with E-state index >= 15 is 0 Å². The van der Waals surface area contributed by atoms with E-state index in [0.29, 0.717) is 26.2 Å². The molecule has 142 valence electrons. The van der Waals surface area contributed by atoms with Gasteiger partial charge in [0.2, 0.25) is 11.8 Å². The van der Waals surface area contributed by atoms with Crippen molar-refractivity contribution >= 4 is 18.3 Å². The molecule has 3 saturated heterocycles. The summed E-state index contributed by atoms with van der Waals surface area (Å²) in [4.78, 5) is 36.4. The van der Waals surface area contributed by atoms with Crippen molar-refractivity contribution in [3.63, 3.8) is 0 Å². The normalized spacial score (nSPS) is 27.4. The van der Waals surface area contributed by atoms with Gasteiger partial charge in [-0.15, -0.1) is 0 Å². The monoisotopic (exact) mass is 357 g/mol. The minimum Gasteiger partial charge on any atom is -0.483 e. The molecule has 9 heteroatoms. The van der Waals surface area contributed by atoms with E-state index < -0.39 is 0 Å². The van der Waals surface area contributed by atoms with Crippen molar-refractivity contribution in [1.82, 2.24) is 15.1 Å². The quantitative estimate of drug-likeness (QED) is 0.616. The first-order valence-corrected chi connectivity index (χ1v) is 8.70. The standard InChI is InChI=1S/C15H25N3O4.CH2O2/c19-14(9-18-4-2-1-3-15(18)20)16-12-10-22-11-13(12)17-5-7-21-8-6-17;2-1-3/h12-13H,1-11H2,(H,16,19);1H,(H,2,3)/t12-,13-;/m0./s1. The van der Waals surface area contributed by atoms with E-state index in [0.717, 1.165) is 39.1 Å². The lowest BCUT2D eigenvalue weighted by atomic mass is 10.1. The molecule has 0 aliphatic carbocycles. The second-order valence-electron chi connectivity index (χ2n) is 6.30. The summed E-state index contributed by atoms with van der Waals surface area (Å²) in [5, 5.41) is 9.94. The third-order valence-electron chi connectivity index (χ3n) is 4.67. The molecule has 9 nitrogen and oxygen atoms in total. The van der Waals surface area contributed by atoms with Gasteiger partial charge < -0.3 is 24.8 Å². The number of amides is 2. The van der Waals surface area contributed by atoms with E-state index in [1.807, 2.05) is 0 Å². The molecule has 2 atom stereocenters. The number of piperidine rings is 1. The van der Waals surface area contributed by atoms with Crippen LogP contribution >= 0.6 is 0 Å². The Morgan fingerprint density at radius 1 is 1.20 bits per heavy atom. The summed E-state index contributed by atoms with van der Waals surface area (Å²) in [6.07, 6.45) is 2.49. The maximum absolute atomic E-state index is 12.2. The van der Waals surface area contributed by atoms with Crippen molar-refractivity contribution in [3.05, 3.63) is 0 Å². The van der Waals surface area contributed by atoms with Crippen LogP contribution in [0.25, 0.3) is 0 Å². The predicted molar refractivity (Wildman–Crippen MR) is 88.1 cm³/mol. The first-order valence-electron chi connectivity index (χ1n) is 8.70. The van der Waals surface area contributed by atoms with Gasteiger partial charge in [0.15, 0.2) is 0 Å². The van der Waals surface area contributed by atoms with Crippen LogP contribution in [0.2, 0.25) is 0 Å². The van der Waals surface area contributed by atoms with Crippen LogP contribution < -0.4 is 5.32 Å². The Kier molecular flexibility index (Phi) is 8.10. The molecule has 2 amide bonds. The van der Waals surface area contributed by atoms with Crippen LogP contribution in [0.1, 0.15) is 19.3 Å². The van der Waals surface area contributed by atoms with Crippen molar-refractivity contribution in [2.45, 2.75) is 31.3 Å². The number of rotatable bonds is 4. The van der Waals surface area contributed by atoms with Gasteiger partial charge in [-0.1, -0.05) is 0 Å². The molecule has 3 aliphatic heterocycles. The molecule has 0 unspecified atom stereocenters. The molecule has 0 aromatic heterocycles. The zero-order chi connectivity index (χ0) is 18.1. The van der Waals surface area contributed by atoms with Crippen molar-refractivity contribution in [2.75, 3.05) is 52.6 Å². The van der Waals surface area contributed by atoms with Gasteiger partial charge in [0, 0.05) is 26.1 Å². The lowest BCUT2D eigenvalue weighted by molar-refractivity contribution is -0.138. The van der Waals surface area contributed by atoms with Crippen LogP contribution in [-0.2, 0) is 23.9 Å². The van der Waals surface area contributed by atoms with Crippen molar-refractivity contribution < 1.29 is 29.0 Å². The average Bonchev–Trinajstić information content (AvgIpc) is 3.06. The number of carbonyl (C=O) groups excluding carboxylic acids is 2. The number of nitrogens with zero attached hydrogens (tertiary/aromatic N) is 2. The summed E-state index contributed by atoms with van der Waals surface area (Å²) in [6.45, 7) is 5.04. The van der Waals surface area contributed by atoms with E-state index in [-0.39, 0.29) is 36.9 Å². The van der Waals surface area contributed by atoms with Gasteiger partial charge >= 0.3 is 0 Å². The summed E-state index contributed by atoms with van der Waals surface area (Å²) in [7, 11) is 0. The highest BCUT2D eigenvalue weighted by Crippen LogP contribution is 2.15. The number of hydrogen-bond acceptors (Lipinski definition) is 6. The van der Waals surface area contributed by atoms with Crippen LogP contribution in [-0.4, -0.2) is 97.9 Å². The SMILES string of the molecule is O=C(CN1CCCCC1=O)N[C@H]1COC[C@@H]1N1CCOCC1.O=CO. The second-order valence-corrected chi connectivity index (χ2v) is 6.30. The molecule has 2 N–H and O–H groups in total. The first-order chi connectivity index (χ1) is 12.2. The average molecular weight is 357 g/mol. The molecule has 0 aromatic carbocycles. The highest BCUT2D eigenvalue weighted by Gasteiger charge is 2.35. The van der Waals surface area contributed by atoms with Crippen molar-refractivity contribution in [2.24, 2.45) is 0 Å². The number of carboxylic acid groups (broad SMARTS) is 1. The van der Waals surface area contributed by atoms with Gasteiger partial charge in [-0.3, -0.25) is 19.3 Å².